The van der Waals surface area contributed by atoms with Crippen molar-refractivity contribution in [2.24, 2.45) is 0 Å². The molecular weight excluding hydrogens is 318 g/mol. The van der Waals surface area contributed by atoms with Crippen LogP contribution in [-0.4, -0.2) is 34.8 Å². The van der Waals surface area contributed by atoms with Crippen molar-refractivity contribution in [3.63, 3.8) is 0 Å². The number of hydrogen-bond acceptors (Lipinski definition) is 4. The molecule has 0 radical (unpaired) electrons. The maximum Gasteiger partial charge on any atom is 0.364 e. The summed E-state index contributed by atoms with van der Waals surface area (Å²) in [6.07, 6.45) is 1.31. The fourth-order valence-corrected chi connectivity index (χ4v) is 3.20. The van der Waals surface area contributed by atoms with Crippen molar-refractivity contribution >= 4 is 5.97 Å². The van der Waals surface area contributed by atoms with E-state index < -0.39 is 11.7 Å². The second-order valence-electron chi connectivity index (χ2n) is 6.12. The number of carboxylic acid groups (broad SMARTS) is 1. The summed E-state index contributed by atoms with van der Waals surface area (Å²) in [5.74, 6) is 0.324. The van der Waals surface area contributed by atoms with Gasteiger partial charge in [-0.25, -0.2) is 4.79 Å². The van der Waals surface area contributed by atoms with E-state index in [0.29, 0.717) is 25.3 Å². The van der Waals surface area contributed by atoms with Crippen molar-refractivity contribution < 1.29 is 19.4 Å². The van der Waals surface area contributed by atoms with Crippen LogP contribution >= 0.6 is 0 Å². The first-order valence-electron chi connectivity index (χ1n) is 8.58. The molecule has 5 heteroatoms. The summed E-state index contributed by atoms with van der Waals surface area (Å²) in [4.78, 5) is 13.7. The normalized spacial score (nSPS) is 20.4. The van der Waals surface area contributed by atoms with E-state index in [4.69, 9.17) is 9.47 Å². The zero-order valence-electron chi connectivity index (χ0n) is 14.4. The summed E-state index contributed by atoms with van der Waals surface area (Å²) in [6, 6.07) is 17.1. The molecule has 132 valence electrons. The van der Waals surface area contributed by atoms with Gasteiger partial charge in [-0.1, -0.05) is 37.3 Å². The van der Waals surface area contributed by atoms with E-state index in [-0.39, 0.29) is 0 Å². The fraction of sp³-hybridized carbons (Fsp3) is 0.350. The Kier molecular flexibility index (Phi) is 5.24. The molecule has 2 aromatic carbocycles. The number of aliphatic carboxylic acids is 1. The Balaban J connectivity index is 1.66. The molecule has 1 atom stereocenters. The minimum Gasteiger partial charge on any atom is -0.489 e. The quantitative estimate of drug-likeness (QED) is 0.835. The highest BCUT2D eigenvalue weighted by atomic mass is 16.5. The summed E-state index contributed by atoms with van der Waals surface area (Å²) in [6.45, 7) is 3.82. The summed E-state index contributed by atoms with van der Waals surface area (Å²) < 4.78 is 11.7. The topological polar surface area (TPSA) is 59.0 Å². The van der Waals surface area contributed by atoms with Crippen LogP contribution in [0.1, 0.15) is 25.3 Å². The molecule has 0 unspecified atom stereocenters. The molecule has 0 amide bonds. The number of carboxylic acids is 1. The van der Waals surface area contributed by atoms with Crippen molar-refractivity contribution in [3.05, 3.63) is 60.2 Å². The molecular formula is C20H23NO4. The van der Waals surface area contributed by atoms with Gasteiger partial charge in [-0.2, -0.15) is 0 Å². The lowest BCUT2D eigenvalue weighted by Gasteiger charge is -2.34. The van der Waals surface area contributed by atoms with Gasteiger partial charge in [0.1, 0.15) is 18.1 Å². The molecule has 1 fully saturated rings. The third kappa shape index (κ3) is 3.77. The maximum atomic E-state index is 11.8. The van der Waals surface area contributed by atoms with Crippen LogP contribution in [0.25, 0.3) is 0 Å². The standard InChI is InChI=1S/C20H23NO4/c1-2-21-14-6-13-20(21,19(22)23)25-18-11-9-17(10-12-18)24-15-16-7-4-3-5-8-16/h3-5,7-12H,2,6,13-15H2,1H3,(H,22,23)/t20-/m1/s1. The second-order valence-corrected chi connectivity index (χ2v) is 6.12. The lowest BCUT2D eigenvalue weighted by Crippen LogP contribution is -2.55. The number of benzene rings is 2. The van der Waals surface area contributed by atoms with Crippen LogP contribution in [0, 0.1) is 0 Å². The van der Waals surface area contributed by atoms with Gasteiger partial charge in [-0.3, -0.25) is 4.90 Å². The first kappa shape index (κ1) is 17.3. The highest BCUT2D eigenvalue weighted by molar-refractivity contribution is 5.78. The lowest BCUT2D eigenvalue weighted by molar-refractivity contribution is -0.170. The molecule has 1 saturated heterocycles. The molecule has 25 heavy (non-hydrogen) atoms. The maximum absolute atomic E-state index is 11.8. The van der Waals surface area contributed by atoms with Crippen molar-refractivity contribution in [1.29, 1.82) is 0 Å². The summed E-state index contributed by atoms with van der Waals surface area (Å²) in [5.41, 5.74) is -0.168. The van der Waals surface area contributed by atoms with Crippen LogP contribution in [0.2, 0.25) is 0 Å². The van der Waals surface area contributed by atoms with E-state index in [1.165, 1.54) is 0 Å². The van der Waals surface area contributed by atoms with E-state index in [9.17, 15) is 9.90 Å². The van der Waals surface area contributed by atoms with Gasteiger partial charge in [0.05, 0.1) is 0 Å². The van der Waals surface area contributed by atoms with Crippen molar-refractivity contribution in [2.75, 3.05) is 13.1 Å². The summed E-state index contributed by atoms with van der Waals surface area (Å²) >= 11 is 0. The minimum atomic E-state index is -1.26. The molecule has 0 aromatic heterocycles. The van der Waals surface area contributed by atoms with Crippen LogP contribution < -0.4 is 9.47 Å². The number of likely N-dealkylation sites (N-methyl/N-ethyl adjacent to an activating group) is 1. The Morgan fingerprint density at radius 1 is 1.12 bits per heavy atom. The van der Waals surface area contributed by atoms with Gasteiger partial charge >= 0.3 is 5.97 Å². The van der Waals surface area contributed by atoms with Gasteiger partial charge in [-0.05, 0) is 42.8 Å². The predicted octanol–water partition coefficient (Wildman–Crippen LogP) is 3.54. The van der Waals surface area contributed by atoms with Gasteiger partial charge in [-0.15, -0.1) is 0 Å². The molecule has 1 heterocycles. The Hall–Kier alpha value is -2.53. The van der Waals surface area contributed by atoms with Gasteiger partial charge in [0.2, 0.25) is 0 Å². The monoisotopic (exact) mass is 341 g/mol. The largest absolute Gasteiger partial charge is 0.489 e. The van der Waals surface area contributed by atoms with Crippen LogP contribution in [0.15, 0.2) is 54.6 Å². The third-order valence-corrected chi connectivity index (χ3v) is 4.53. The molecule has 0 bridgehead atoms. The number of carbonyl (C=O) groups is 1. The van der Waals surface area contributed by atoms with Gasteiger partial charge < -0.3 is 14.6 Å². The zero-order valence-corrected chi connectivity index (χ0v) is 14.4. The minimum absolute atomic E-state index is 0.489. The Morgan fingerprint density at radius 3 is 2.44 bits per heavy atom. The Bertz CT molecular complexity index is 701. The Morgan fingerprint density at radius 2 is 1.80 bits per heavy atom. The number of rotatable bonds is 7. The van der Waals surface area contributed by atoms with Crippen LogP contribution in [0.3, 0.4) is 0 Å². The van der Waals surface area contributed by atoms with E-state index >= 15 is 0 Å². The number of hydrogen-bond donors (Lipinski definition) is 1. The SMILES string of the molecule is CCN1CCC[C@@]1(Oc1ccc(OCc2ccccc2)cc1)C(=O)O. The predicted molar refractivity (Wildman–Crippen MR) is 94.7 cm³/mol. The van der Waals surface area contributed by atoms with Crippen LogP contribution in [0.5, 0.6) is 11.5 Å². The third-order valence-electron chi connectivity index (χ3n) is 4.53. The molecule has 1 N–H and O–H groups in total. The number of ether oxygens (including phenoxy) is 2. The summed E-state index contributed by atoms with van der Waals surface area (Å²) in [5, 5.41) is 9.70. The molecule has 0 aliphatic carbocycles. The number of nitrogens with zero attached hydrogens (tertiary/aromatic N) is 1. The first-order valence-corrected chi connectivity index (χ1v) is 8.58. The van der Waals surface area contributed by atoms with E-state index in [0.717, 1.165) is 24.3 Å². The molecule has 0 spiro atoms. The average Bonchev–Trinajstić information content (AvgIpc) is 3.06. The smallest absolute Gasteiger partial charge is 0.364 e. The molecule has 1 aliphatic rings. The van der Waals surface area contributed by atoms with Gasteiger partial charge in [0.25, 0.3) is 5.72 Å². The van der Waals surface area contributed by atoms with Crippen LogP contribution in [0.4, 0.5) is 0 Å². The highest BCUT2D eigenvalue weighted by Gasteiger charge is 2.49. The molecule has 5 nitrogen and oxygen atoms in total. The summed E-state index contributed by atoms with van der Waals surface area (Å²) in [7, 11) is 0. The lowest BCUT2D eigenvalue weighted by atomic mass is 10.1. The van der Waals surface area contributed by atoms with Crippen molar-refractivity contribution in [2.45, 2.75) is 32.1 Å². The molecule has 3 rings (SSSR count). The van der Waals surface area contributed by atoms with Gasteiger partial charge in [0.15, 0.2) is 0 Å². The van der Waals surface area contributed by atoms with Crippen LogP contribution in [-0.2, 0) is 11.4 Å². The van der Waals surface area contributed by atoms with E-state index in [2.05, 4.69) is 0 Å². The first-order chi connectivity index (χ1) is 12.1. The van der Waals surface area contributed by atoms with Crippen molar-refractivity contribution in [1.82, 2.24) is 4.90 Å². The van der Waals surface area contributed by atoms with E-state index in [1.807, 2.05) is 42.2 Å². The van der Waals surface area contributed by atoms with E-state index in [1.54, 1.807) is 24.3 Å². The zero-order chi connectivity index (χ0) is 17.7. The Labute approximate surface area is 147 Å². The average molecular weight is 341 g/mol. The molecule has 1 aliphatic heterocycles. The molecule has 0 saturated carbocycles. The van der Waals surface area contributed by atoms with Gasteiger partial charge in [0, 0.05) is 13.0 Å². The van der Waals surface area contributed by atoms with Crippen molar-refractivity contribution in [3.8, 4) is 11.5 Å². The fourth-order valence-electron chi connectivity index (χ4n) is 3.20. The number of likely N-dealkylation sites (tertiary alicyclic amines) is 1. The highest BCUT2D eigenvalue weighted by Crippen LogP contribution is 2.33. The second kappa shape index (κ2) is 7.57. The molecule has 2 aromatic rings.